The van der Waals surface area contributed by atoms with Crippen molar-refractivity contribution in [2.45, 2.75) is 35.6 Å². The normalized spacial score (nSPS) is 15.1. The topological polar surface area (TPSA) is 75.7 Å². The molecule has 1 saturated heterocycles. The summed E-state index contributed by atoms with van der Waals surface area (Å²) >= 11 is 1.58. The summed E-state index contributed by atoms with van der Waals surface area (Å²) in [6.45, 7) is 1.46. The van der Waals surface area contributed by atoms with Gasteiger partial charge in [-0.15, -0.1) is 11.8 Å². The lowest BCUT2D eigenvalue weighted by Crippen LogP contribution is -2.35. The Morgan fingerprint density at radius 1 is 1.10 bits per heavy atom. The maximum atomic E-state index is 12.7. The van der Waals surface area contributed by atoms with Gasteiger partial charge in [-0.3, -0.25) is 4.79 Å². The summed E-state index contributed by atoms with van der Waals surface area (Å²) in [5.74, 6) is 0.289. The lowest BCUT2D eigenvalue weighted by Gasteiger charge is -2.25. The first-order chi connectivity index (χ1) is 14.0. The van der Waals surface area contributed by atoms with E-state index in [9.17, 15) is 13.2 Å². The van der Waals surface area contributed by atoms with Crippen molar-refractivity contribution in [1.29, 1.82) is 0 Å². The molecule has 0 saturated carbocycles. The number of hydrogen-bond acceptors (Lipinski definition) is 5. The van der Waals surface area contributed by atoms with Crippen LogP contribution in [0.2, 0.25) is 0 Å². The molecule has 156 valence electrons. The molecule has 8 heteroatoms. The second-order valence-electron chi connectivity index (χ2n) is 6.86. The van der Waals surface area contributed by atoms with Crippen molar-refractivity contribution in [3.63, 3.8) is 0 Å². The van der Waals surface area contributed by atoms with Gasteiger partial charge < -0.3 is 10.1 Å². The minimum atomic E-state index is -3.44. The molecule has 0 bridgehead atoms. The fraction of sp³-hybridized carbons (Fsp3) is 0.381. The average Bonchev–Trinajstić information content (AvgIpc) is 2.77. The van der Waals surface area contributed by atoms with Crippen LogP contribution in [0.4, 0.5) is 0 Å². The van der Waals surface area contributed by atoms with E-state index in [2.05, 4.69) is 5.32 Å². The number of hydrogen-bond donors (Lipinski definition) is 1. The molecule has 6 nitrogen and oxygen atoms in total. The number of thioether (sulfide) groups is 1. The first-order valence-corrected chi connectivity index (χ1v) is 12.2. The summed E-state index contributed by atoms with van der Waals surface area (Å²) in [7, 11) is -1.90. The Hall–Kier alpha value is -2.03. The molecule has 0 unspecified atom stereocenters. The summed E-state index contributed by atoms with van der Waals surface area (Å²) < 4.78 is 32.3. The summed E-state index contributed by atoms with van der Waals surface area (Å²) in [6, 6.07) is 12.2. The van der Waals surface area contributed by atoms with Crippen LogP contribution in [-0.4, -0.2) is 45.1 Å². The molecule has 3 rings (SSSR count). The quantitative estimate of drug-likeness (QED) is 0.675. The minimum absolute atomic E-state index is 0.237. The van der Waals surface area contributed by atoms with Gasteiger partial charge in [0, 0.05) is 24.5 Å². The Labute approximate surface area is 176 Å². The van der Waals surface area contributed by atoms with E-state index in [0.717, 1.165) is 29.7 Å². The number of nitrogens with zero attached hydrogens (tertiary/aromatic N) is 1. The molecule has 1 aliphatic rings. The molecule has 2 aromatic rings. The number of benzene rings is 2. The number of carbonyl (C=O) groups excluding carboxylic acids is 1. The van der Waals surface area contributed by atoms with Crippen molar-refractivity contribution in [1.82, 2.24) is 9.62 Å². The molecule has 0 spiro atoms. The van der Waals surface area contributed by atoms with Gasteiger partial charge in [-0.2, -0.15) is 4.31 Å². The van der Waals surface area contributed by atoms with Crippen LogP contribution in [0.1, 0.15) is 35.2 Å². The Morgan fingerprint density at radius 2 is 1.79 bits per heavy atom. The van der Waals surface area contributed by atoms with Crippen molar-refractivity contribution in [2.24, 2.45) is 0 Å². The smallest absolute Gasteiger partial charge is 0.255 e. The van der Waals surface area contributed by atoms with E-state index in [4.69, 9.17) is 4.74 Å². The van der Waals surface area contributed by atoms with Crippen molar-refractivity contribution in [3.05, 3.63) is 53.6 Å². The second kappa shape index (κ2) is 9.65. The third kappa shape index (κ3) is 5.12. The molecule has 1 N–H and O–H groups in total. The summed E-state index contributed by atoms with van der Waals surface area (Å²) in [5, 5.41) is 2.86. The number of piperidine rings is 1. The first kappa shape index (κ1) is 21.7. The molecule has 1 heterocycles. The number of sulfonamides is 1. The fourth-order valence-corrected chi connectivity index (χ4v) is 5.24. The van der Waals surface area contributed by atoms with Crippen LogP contribution in [0.5, 0.6) is 5.75 Å². The highest BCUT2D eigenvalue weighted by Crippen LogP contribution is 2.25. The molecule has 0 aliphatic carbocycles. The number of ether oxygens (including phenoxy) is 1. The second-order valence-corrected chi connectivity index (χ2v) is 9.68. The van der Waals surface area contributed by atoms with Gasteiger partial charge in [0.25, 0.3) is 5.91 Å². The zero-order valence-electron chi connectivity index (χ0n) is 16.7. The van der Waals surface area contributed by atoms with E-state index in [1.165, 1.54) is 7.11 Å². The Kier molecular flexibility index (Phi) is 7.21. The van der Waals surface area contributed by atoms with E-state index in [-0.39, 0.29) is 5.91 Å². The highest BCUT2D eigenvalue weighted by atomic mass is 32.2. The Bertz CT molecular complexity index is 953. The molecule has 1 fully saturated rings. The highest BCUT2D eigenvalue weighted by Gasteiger charge is 2.25. The molecule has 0 atom stereocenters. The highest BCUT2D eigenvalue weighted by molar-refractivity contribution is 7.98. The molecule has 29 heavy (non-hydrogen) atoms. The third-order valence-corrected chi connectivity index (χ3v) is 7.62. The van der Waals surface area contributed by atoms with Crippen LogP contribution < -0.4 is 10.1 Å². The maximum absolute atomic E-state index is 12.7. The summed E-state index contributed by atoms with van der Waals surface area (Å²) in [5.41, 5.74) is 1.30. The zero-order valence-corrected chi connectivity index (χ0v) is 18.3. The van der Waals surface area contributed by atoms with Crippen molar-refractivity contribution >= 4 is 27.7 Å². The molecule has 1 aliphatic heterocycles. The van der Waals surface area contributed by atoms with Gasteiger partial charge in [0.05, 0.1) is 17.6 Å². The van der Waals surface area contributed by atoms with Gasteiger partial charge >= 0.3 is 0 Å². The van der Waals surface area contributed by atoms with Crippen molar-refractivity contribution in [3.8, 4) is 5.75 Å². The number of amides is 1. The average molecular weight is 435 g/mol. The van der Waals surface area contributed by atoms with E-state index >= 15 is 0 Å². The van der Waals surface area contributed by atoms with Gasteiger partial charge in [-0.05, 0) is 55.0 Å². The summed E-state index contributed by atoms with van der Waals surface area (Å²) in [4.78, 5) is 13.8. The van der Waals surface area contributed by atoms with Crippen LogP contribution in [0.3, 0.4) is 0 Å². The Morgan fingerprint density at radius 3 is 2.41 bits per heavy atom. The van der Waals surface area contributed by atoms with E-state index in [0.29, 0.717) is 35.8 Å². The maximum Gasteiger partial charge on any atom is 0.255 e. The Balaban J connectivity index is 1.65. The standard InChI is InChI=1S/C21H26N2O4S2/c1-27-20-14-17(28-2)8-11-19(20)21(24)22-15-16-6-9-18(10-7-16)29(25,26)23-12-4-3-5-13-23/h6-11,14H,3-5,12-13,15H2,1-2H3,(H,22,24). The van der Waals surface area contributed by atoms with Gasteiger partial charge in [-0.25, -0.2) is 8.42 Å². The number of methoxy groups -OCH3 is 1. The van der Waals surface area contributed by atoms with Gasteiger partial charge in [0.2, 0.25) is 10.0 Å². The van der Waals surface area contributed by atoms with Gasteiger partial charge in [-0.1, -0.05) is 18.6 Å². The van der Waals surface area contributed by atoms with E-state index in [1.54, 1.807) is 46.4 Å². The zero-order chi connectivity index (χ0) is 20.9. The van der Waals surface area contributed by atoms with Crippen LogP contribution in [0.25, 0.3) is 0 Å². The lowest BCUT2D eigenvalue weighted by atomic mass is 10.1. The monoisotopic (exact) mass is 434 g/mol. The predicted molar refractivity (Wildman–Crippen MR) is 115 cm³/mol. The van der Waals surface area contributed by atoms with Gasteiger partial charge in [0.15, 0.2) is 0 Å². The largest absolute Gasteiger partial charge is 0.496 e. The number of nitrogens with one attached hydrogen (secondary N) is 1. The number of carbonyl (C=O) groups is 1. The lowest BCUT2D eigenvalue weighted by molar-refractivity contribution is 0.0947. The van der Waals surface area contributed by atoms with E-state index in [1.807, 2.05) is 18.4 Å². The fourth-order valence-electron chi connectivity index (χ4n) is 3.30. The third-order valence-electron chi connectivity index (χ3n) is 4.98. The van der Waals surface area contributed by atoms with Gasteiger partial charge in [0.1, 0.15) is 5.75 Å². The van der Waals surface area contributed by atoms with Crippen LogP contribution >= 0.6 is 11.8 Å². The molecule has 0 radical (unpaired) electrons. The summed E-state index contributed by atoms with van der Waals surface area (Å²) in [6.07, 6.45) is 4.86. The molecular weight excluding hydrogens is 408 g/mol. The van der Waals surface area contributed by atoms with Crippen LogP contribution in [-0.2, 0) is 16.6 Å². The number of rotatable bonds is 7. The SMILES string of the molecule is COc1cc(SC)ccc1C(=O)NCc1ccc(S(=O)(=O)N2CCCCC2)cc1. The van der Waals surface area contributed by atoms with E-state index < -0.39 is 10.0 Å². The molecule has 0 aromatic heterocycles. The molecular formula is C21H26N2O4S2. The predicted octanol–water partition coefficient (Wildman–Crippen LogP) is 3.52. The minimum Gasteiger partial charge on any atom is -0.496 e. The van der Waals surface area contributed by atoms with Crippen molar-refractivity contribution in [2.75, 3.05) is 26.5 Å². The van der Waals surface area contributed by atoms with Crippen LogP contribution in [0.15, 0.2) is 52.3 Å². The van der Waals surface area contributed by atoms with Crippen molar-refractivity contribution < 1.29 is 17.9 Å². The molecule has 1 amide bonds. The van der Waals surface area contributed by atoms with Crippen LogP contribution in [0, 0.1) is 0 Å². The molecule has 2 aromatic carbocycles. The first-order valence-electron chi connectivity index (χ1n) is 9.55.